The van der Waals surface area contributed by atoms with Gasteiger partial charge in [-0.15, -0.1) is 0 Å². The minimum Gasteiger partial charge on any atom is -0.372 e. The fraction of sp³-hybridized carbons (Fsp3) is 0.345. The normalized spacial score (nSPS) is 13.9. The van der Waals surface area contributed by atoms with Crippen molar-refractivity contribution in [1.82, 2.24) is 5.32 Å². The first kappa shape index (κ1) is 25.8. The molecule has 190 valence electrons. The molecule has 0 spiro atoms. The van der Waals surface area contributed by atoms with Gasteiger partial charge in [-0.1, -0.05) is 55.0 Å². The molecule has 1 aliphatic heterocycles. The molecule has 0 aromatic heterocycles. The van der Waals surface area contributed by atoms with Crippen molar-refractivity contribution in [2.75, 3.05) is 28.8 Å². The van der Waals surface area contributed by atoms with Crippen LogP contribution in [0.1, 0.15) is 42.9 Å². The Bertz CT molecular complexity index is 1270. The summed E-state index contributed by atoms with van der Waals surface area (Å²) in [5.41, 5.74) is 4.55. The average molecular weight is 506 g/mol. The zero-order chi connectivity index (χ0) is 25.5. The maximum absolute atomic E-state index is 13.7. The van der Waals surface area contributed by atoms with Crippen molar-refractivity contribution in [3.05, 3.63) is 89.5 Å². The number of rotatable bonds is 9. The van der Waals surface area contributed by atoms with Crippen LogP contribution in [-0.2, 0) is 27.8 Å². The molecular formula is C29H35N3O3S. The van der Waals surface area contributed by atoms with E-state index < -0.39 is 10.0 Å². The van der Waals surface area contributed by atoms with E-state index in [1.165, 1.54) is 29.3 Å². The van der Waals surface area contributed by atoms with E-state index in [-0.39, 0.29) is 17.3 Å². The Hall–Kier alpha value is -3.32. The lowest BCUT2D eigenvalue weighted by molar-refractivity contribution is -0.119. The van der Waals surface area contributed by atoms with Crippen LogP contribution in [0, 0.1) is 6.92 Å². The molecule has 1 heterocycles. The molecule has 4 rings (SSSR count). The molecule has 0 atom stereocenters. The van der Waals surface area contributed by atoms with E-state index >= 15 is 0 Å². The molecule has 3 aromatic rings. The van der Waals surface area contributed by atoms with Crippen molar-refractivity contribution < 1.29 is 13.2 Å². The molecule has 3 aromatic carbocycles. The number of carbonyl (C=O) groups excluding carboxylic acids is 1. The number of amides is 1. The standard InChI is InChI=1S/C29H35N3O3S/c1-3-25-9-5-6-10-28(25)32(36(34,35)27-17-11-23(2)12-18-27)22-29(33)30-21-24-13-15-26(16-14-24)31-19-7-4-8-20-31/h5-6,9-18H,3-4,7-8,19-22H2,1-2H3,(H,30,33). The number of piperidine rings is 1. The predicted molar refractivity (Wildman–Crippen MR) is 146 cm³/mol. The van der Waals surface area contributed by atoms with Crippen molar-refractivity contribution in [3.8, 4) is 0 Å². The van der Waals surface area contributed by atoms with Gasteiger partial charge in [0.2, 0.25) is 5.91 Å². The quantitative estimate of drug-likeness (QED) is 0.441. The largest absolute Gasteiger partial charge is 0.372 e. The molecule has 1 N–H and O–H groups in total. The van der Waals surface area contributed by atoms with Gasteiger partial charge in [0.15, 0.2) is 0 Å². The summed E-state index contributed by atoms with van der Waals surface area (Å²) in [7, 11) is -3.93. The third-order valence-electron chi connectivity index (χ3n) is 6.68. The summed E-state index contributed by atoms with van der Waals surface area (Å²) >= 11 is 0. The molecule has 0 radical (unpaired) electrons. The third-order valence-corrected chi connectivity index (χ3v) is 8.46. The lowest BCUT2D eigenvalue weighted by Gasteiger charge is -2.29. The molecule has 7 heteroatoms. The van der Waals surface area contributed by atoms with Crippen molar-refractivity contribution in [1.29, 1.82) is 0 Å². The Labute approximate surface area is 215 Å². The van der Waals surface area contributed by atoms with Crippen LogP contribution in [0.3, 0.4) is 0 Å². The second kappa shape index (κ2) is 11.6. The van der Waals surface area contributed by atoms with Crippen molar-refractivity contribution >= 4 is 27.3 Å². The van der Waals surface area contributed by atoms with Gasteiger partial charge in [0, 0.05) is 25.3 Å². The summed E-state index contributed by atoms with van der Waals surface area (Å²) < 4.78 is 28.5. The molecule has 6 nitrogen and oxygen atoms in total. The monoisotopic (exact) mass is 505 g/mol. The molecule has 0 aliphatic carbocycles. The van der Waals surface area contributed by atoms with E-state index in [2.05, 4.69) is 22.3 Å². The molecular weight excluding hydrogens is 470 g/mol. The number of anilines is 2. The summed E-state index contributed by atoms with van der Waals surface area (Å²) in [5, 5.41) is 2.91. The number of sulfonamides is 1. The molecule has 1 aliphatic rings. The fourth-order valence-electron chi connectivity index (χ4n) is 4.55. The number of hydrogen-bond acceptors (Lipinski definition) is 4. The SMILES string of the molecule is CCc1ccccc1N(CC(=O)NCc1ccc(N2CCCCC2)cc1)S(=O)(=O)c1ccc(C)cc1. The van der Waals surface area contributed by atoms with Gasteiger partial charge in [-0.2, -0.15) is 0 Å². The number of benzene rings is 3. The maximum Gasteiger partial charge on any atom is 0.264 e. The highest BCUT2D eigenvalue weighted by atomic mass is 32.2. The molecule has 0 saturated carbocycles. The maximum atomic E-state index is 13.7. The van der Waals surface area contributed by atoms with Crippen LogP contribution in [0.2, 0.25) is 0 Å². The van der Waals surface area contributed by atoms with Crippen molar-refractivity contribution in [2.45, 2.75) is 51.0 Å². The number of aryl methyl sites for hydroxylation is 2. The lowest BCUT2D eigenvalue weighted by Crippen LogP contribution is -2.41. The van der Waals surface area contributed by atoms with Crippen LogP contribution < -0.4 is 14.5 Å². The van der Waals surface area contributed by atoms with Gasteiger partial charge in [0.1, 0.15) is 6.54 Å². The van der Waals surface area contributed by atoms with Gasteiger partial charge in [0.05, 0.1) is 10.6 Å². The van der Waals surface area contributed by atoms with E-state index in [9.17, 15) is 13.2 Å². The highest BCUT2D eigenvalue weighted by Gasteiger charge is 2.28. The summed E-state index contributed by atoms with van der Waals surface area (Å²) in [5.74, 6) is -0.350. The molecule has 0 bridgehead atoms. The van der Waals surface area contributed by atoms with Gasteiger partial charge in [0.25, 0.3) is 10.0 Å². The lowest BCUT2D eigenvalue weighted by atomic mass is 10.1. The second-order valence-corrected chi connectivity index (χ2v) is 11.2. The van der Waals surface area contributed by atoms with Crippen LogP contribution in [0.4, 0.5) is 11.4 Å². The van der Waals surface area contributed by atoms with E-state index in [0.29, 0.717) is 18.7 Å². The smallest absolute Gasteiger partial charge is 0.264 e. The van der Waals surface area contributed by atoms with Gasteiger partial charge in [-0.25, -0.2) is 8.42 Å². The Morgan fingerprint density at radius 2 is 1.58 bits per heavy atom. The van der Waals surface area contributed by atoms with Crippen LogP contribution in [-0.4, -0.2) is 34.0 Å². The molecule has 1 saturated heterocycles. The zero-order valence-electron chi connectivity index (χ0n) is 21.1. The van der Waals surface area contributed by atoms with Crippen LogP contribution >= 0.6 is 0 Å². The first-order chi connectivity index (χ1) is 17.4. The average Bonchev–Trinajstić information content (AvgIpc) is 2.91. The van der Waals surface area contributed by atoms with E-state index in [1.54, 1.807) is 36.4 Å². The minimum atomic E-state index is -3.93. The number of nitrogens with one attached hydrogen (secondary N) is 1. The van der Waals surface area contributed by atoms with Crippen molar-refractivity contribution in [2.24, 2.45) is 0 Å². The Balaban J connectivity index is 1.50. The minimum absolute atomic E-state index is 0.167. The van der Waals surface area contributed by atoms with E-state index in [1.807, 2.05) is 38.1 Å². The fourth-order valence-corrected chi connectivity index (χ4v) is 6.01. The second-order valence-electron chi connectivity index (χ2n) is 9.30. The first-order valence-corrected chi connectivity index (χ1v) is 14.1. The molecule has 36 heavy (non-hydrogen) atoms. The number of nitrogens with zero attached hydrogens (tertiary/aromatic N) is 2. The molecule has 1 fully saturated rings. The van der Waals surface area contributed by atoms with Gasteiger partial charge in [-0.3, -0.25) is 9.10 Å². The Kier molecular flexibility index (Phi) is 8.31. The predicted octanol–water partition coefficient (Wildman–Crippen LogP) is 5.06. The molecule has 1 amide bonds. The van der Waals surface area contributed by atoms with Crippen LogP contribution in [0.5, 0.6) is 0 Å². The number of carbonyl (C=O) groups is 1. The van der Waals surface area contributed by atoms with Crippen LogP contribution in [0.15, 0.2) is 77.7 Å². The van der Waals surface area contributed by atoms with Gasteiger partial charge < -0.3 is 10.2 Å². The Morgan fingerprint density at radius 1 is 0.917 bits per heavy atom. The summed E-state index contributed by atoms with van der Waals surface area (Å²) in [4.78, 5) is 15.6. The van der Waals surface area contributed by atoms with Crippen molar-refractivity contribution in [3.63, 3.8) is 0 Å². The third kappa shape index (κ3) is 6.08. The number of para-hydroxylation sites is 1. The highest BCUT2D eigenvalue weighted by Crippen LogP contribution is 2.28. The number of hydrogen-bond donors (Lipinski definition) is 1. The summed E-state index contributed by atoms with van der Waals surface area (Å²) in [6.07, 6.45) is 4.39. The zero-order valence-corrected chi connectivity index (χ0v) is 21.9. The summed E-state index contributed by atoms with van der Waals surface area (Å²) in [6.45, 7) is 6.10. The van der Waals surface area contributed by atoms with Gasteiger partial charge >= 0.3 is 0 Å². The summed E-state index contributed by atoms with van der Waals surface area (Å²) in [6, 6.07) is 22.3. The molecule has 0 unspecified atom stereocenters. The van der Waals surface area contributed by atoms with Crippen LogP contribution in [0.25, 0.3) is 0 Å². The van der Waals surface area contributed by atoms with E-state index in [4.69, 9.17) is 0 Å². The van der Waals surface area contributed by atoms with Gasteiger partial charge in [-0.05, 0) is 74.1 Å². The first-order valence-electron chi connectivity index (χ1n) is 12.7. The highest BCUT2D eigenvalue weighted by molar-refractivity contribution is 7.92. The topological polar surface area (TPSA) is 69.7 Å². The van der Waals surface area contributed by atoms with E-state index in [0.717, 1.165) is 29.8 Å². The Morgan fingerprint density at radius 3 is 2.25 bits per heavy atom.